The van der Waals surface area contributed by atoms with Gasteiger partial charge in [0.05, 0.1) is 10.6 Å². The number of halogens is 1. The minimum Gasteiger partial charge on any atom is -0.346 e. The zero-order valence-corrected chi connectivity index (χ0v) is 17.0. The fourth-order valence-corrected chi connectivity index (χ4v) is 4.97. The number of rotatable bonds is 3. The normalized spacial score (nSPS) is 20.8. The molecule has 1 aromatic carbocycles. The van der Waals surface area contributed by atoms with Crippen molar-refractivity contribution in [1.29, 1.82) is 0 Å². The molecule has 1 aliphatic carbocycles. The maximum Gasteiger partial charge on any atom is 0.264 e. The van der Waals surface area contributed by atoms with E-state index in [1.54, 1.807) is 12.1 Å². The summed E-state index contributed by atoms with van der Waals surface area (Å²) in [6.45, 7) is 4.30. The van der Waals surface area contributed by atoms with Gasteiger partial charge in [-0.15, -0.1) is 0 Å². The second-order valence-electron chi connectivity index (χ2n) is 7.10. The molecule has 1 N–H and O–H groups in total. The summed E-state index contributed by atoms with van der Waals surface area (Å²) >= 11 is 7.37. The monoisotopic (exact) mass is 399 g/mol. The number of hydrogen-bond donors (Lipinski definition) is 1. The fourth-order valence-electron chi connectivity index (χ4n) is 3.96. The van der Waals surface area contributed by atoms with Gasteiger partial charge in [0.2, 0.25) is 0 Å². The zero-order chi connectivity index (χ0) is 19.0. The lowest BCUT2D eigenvalue weighted by molar-refractivity contribution is -0.115. The van der Waals surface area contributed by atoms with Crippen molar-refractivity contribution >= 4 is 46.2 Å². The van der Waals surface area contributed by atoms with Crippen molar-refractivity contribution in [2.45, 2.75) is 45.6 Å². The number of aryl methyl sites for hydroxylation is 1. The summed E-state index contributed by atoms with van der Waals surface area (Å²) in [5, 5.41) is 4.05. The molecular weight excluding hydrogens is 378 g/mol. The van der Waals surface area contributed by atoms with Gasteiger partial charge >= 0.3 is 0 Å². The third kappa shape index (κ3) is 3.85. The van der Waals surface area contributed by atoms with Crippen LogP contribution in [0.1, 0.15) is 48.7 Å². The molecule has 2 fully saturated rings. The average Bonchev–Trinajstić information content (AvgIpc) is 3.30. The molecule has 2 aromatic rings. The third-order valence-electron chi connectivity index (χ3n) is 5.19. The third-order valence-corrected chi connectivity index (χ3v) is 6.33. The number of benzene rings is 1. The van der Waals surface area contributed by atoms with E-state index in [1.807, 2.05) is 18.2 Å². The van der Waals surface area contributed by atoms with E-state index >= 15 is 0 Å². The van der Waals surface area contributed by atoms with Crippen LogP contribution in [0.5, 0.6) is 0 Å². The smallest absolute Gasteiger partial charge is 0.264 e. The van der Waals surface area contributed by atoms with Gasteiger partial charge in [0.1, 0.15) is 0 Å². The van der Waals surface area contributed by atoms with Crippen LogP contribution >= 0.6 is 23.4 Å². The van der Waals surface area contributed by atoms with Crippen molar-refractivity contribution in [3.8, 4) is 0 Å². The fraction of sp³-hybridized carbons (Fsp3) is 0.333. The Morgan fingerprint density at radius 1 is 1.26 bits per heavy atom. The molecule has 0 unspecified atom stereocenters. The molecule has 4 nitrogen and oxygen atoms in total. The zero-order valence-electron chi connectivity index (χ0n) is 15.5. The predicted molar refractivity (Wildman–Crippen MR) is 114 cm³/mol. The van der Waals surface area contributed by atoms with Gasteiger partial charge < -0.3 is 9.88 Å². The molecule has 27 heavy (non-hydrogen) atoms. The number of carbonyl (C=O) groups is 1. The van der Waals surface area contributed by atoms with E-state index in [1.165, 1.54) is 48.8 Å². The topological polar surface area (TPSA) is 46.4 Å². The molecule has 2 aliphatic rings. The largest absolute Gasteiger partial charge is 0.346 e. The molecule has 4 rings (SSSR count). The van der Waals surface area contributed by atoms with Crippen molar-refractivity contribution in [2.24, 2.45) is 4.99 Å². The van der Waals surface area contributed by atoms with E-state index in [9.17, 15) is 4.79 Å². The lowest BCUT2D eigenvalue weighted by Gasteiger charge is -2.17. The Bertz CT molecular complexity index is 954. The van der Waals surface area contributed by atoms with Crippen LogP contribution in [0.15, 0.2) is 40.2 Å². The second kappa shape index (κ2) is 7.56. The van der Waals surface area contributed by atoms with Crippen molar-refractivity contribution < 1.29 is 4.79 Å². The molecule has 1 amide bonds. The van der Waals surface area contributed by atoms with E-state index < -0.39 is 0 Å². The summed E-state index contributed by atoms with van der Waals surface area (Å²) < 4.78 is 2.44. The van der Waals surface area contributed by atoms with Gasteiger partial charge in [-0.05, 0) is 74.4 Å². The number of amides is 1. The molecule has 0 bridgehead atoms. The molecule has 0 spiro atoms. The highest BCUT2D eigenvalue weighted by Crippen LogP contribution is 2.35. The number of aromatic nitrogens is 1. The first kappa shape index (κ1) is 18.4. The SMILES string of the molecule is Cc1cc(/C=C2\SC(=Nc3cccc(Cl)c3)NC2=O)c(C)n1C1CCCC1. The van der Waals surface area contributed by atoms with Crippen molar-refractivity contribution in [1.82, 2.24) is 9.88 Å². The number of hydrogen-bond acceptors (Lipinski definition) is 3. The first-order valence-corrected chi connectivity index (χ1v) is 10.4. The van der Waals surface area contributed by atoms with E-state index in [2.05, 4.69) is 34.8 Å². The van der Waals surface area contributed by atoms with Crippen molar-refractivity contribution in [3.05, 3.63) is 57.2 Å². The molecule has 1 aliphatic heterocycles. The Hall–Kier alpha value is -1.98. The molecule has 6 heteroatoms. The summed E-state index contributed by atoms with van der Waals surface area (Å²) in [5.74, 6) is -0.105. The highest BCUT2D eigenvalue weighted by molar-refractivity contribution is 8.18. The number of carbonyl (C=O) groups excluding carboxylic acids is 1. The second-order valence-corrected chi connectivity index (χ2v) is 8.56. The first-order chi connectivity index (χ1) is 13.0. The van der Waals surface area contributed by atoms with Crippen molar-refractivity contribution in [3.63, 3.8) is 0 Å². The van der Waals surface area contributed by atoms with Gasteiger partial charge in [0.15, 0.2) is 5.17 Å². The number of thioether (sulfide) groups is 1. The maximum absolute atomic E-state index is 12.4. The van der Waals surface area contributed by atoms with Crippen LogP contribution < -0.4 is 5.32 Å². The quantitative estimate of drug-likeness (QED) is 0.666. The summed E-state index contributed by atoms with van der Waals surface area (Å²) in [7, 11) is 0. The number of nitrogens with zero attached hydrogens (tertiary/aromatic N) is 2. The molecular formula is C21H22ClN3OS. The minimum absolute atomic E-state index is 0.105. The highest BCUT2D eigenvalue weighted by Gasteiger charge is 2.25. The molecule has 0 atom stereocenters. The highest BCUT2D eigenvalue weighted by atomic mass is 35.5. The van der Waals surface area contributed by atoms with E-state index in [0.717, 1.165) is 11.3 Å². The molecule has 0 radical (unpaired) electrons. The Balaban J connectivity index is 1.59. The first-order valence-electron chi connectivity index (χ1n) is 9.25. The van der Waals surface area contributed by atoms with Crippen LogP contribution in [0, 0.1) is 13.8 Å². The Labute approximate surface area is 168 Å². The van der Waals surface area contributed by atoms with Gasteiger partial charge in [-0.2, -0.15) is 0 Å². The van der Waals surface area contributed by atoms with Gasteiger partial charge in [-0.1, -0.05) is 30.5 Å². The molecule has 140 valence electrons. The lowest BCUT2D eigenvalue weighted by Crippen LogP contribution is -2.19. The summed E-state index contributed by atoms with van der Waals surface area (Å²) in [6.07, 6.45) is 7.09. The van der Waals surface area contributed by atoms with Gasteiger partial charge in [0.25, 0.3) is 5.91 Å². The maximum atomic E-state index is 12.4. The molecule has 1 saturated heterocycles. The molecule has 1 aromatic heterocycles. The van der Waals surface area contributed by atoms with E-state index in [-0.39, 0.29) is 5.91 Å². The standard InChI is InChI=1S/C21H22ClN3OS/c1-13-10-15(14(2)25(13)18-8-3-4-9-18)11-19-20(26)24-21(27-19)23-17-7-5-6-16(22)12-17/h5-7,10-12,18H,3-4,8-9H2,1-2H3,(H,23,24,26)/b19-11-. The minimum atomic E-state index is -0.105. The Morgan fingerprint density at radius 3 is 2.78 bits per heavy atom. The van der Waals surface area contributed by atoms with E-state index in [0.29, 0.717) is 21.1 Å². The van der Waals surface area contributed by atoms with Gasteiger partial charge in [-0.25, -0.2) is 4.99 Å². The number of aliphatic imine (C=N–C) groups is 1. The molecule has 2 heterocycles. The van der Waals surface area contributed by atoms with Crippen LogP contribution in [-0.2, 0) is 4.79 Å². The van der Waals surface area contributed by atoms with Crippen molar-refractivity contribution in [2.75, 3.05) is 0 Å². The number of amidine groups is 1. The summed E-state index contributed by atoms with van der Waals surface area (Å²) in [5.41, 5.74) is 4.34. The van der Waals surface area contributed by atoms with Crippen LogP contribution in [0.2, 0.25) is 5.02 Å². The van der Waals surface area contributed by atoms with Gasteiger partial charge in [0, 0.05) is 22.5 Å². The molecule has 1 saturated carbocycles. The Morgan fingerprint density at radius 2 is 2.04 bits per heavy atom. The van der Waals surface area contributed by atoms with Crippen LogP contribution in [-0.4, -0.2) is 15.6 Å². The lowest BCUT2D eigenvalue weighted by atomic mass is 10.2. The average molecular weight is 400 g/mol. The van der Waals surface area contributed by atoms with E-state index in [4.69, 9.17) is 11.6 Å². The summed E-state index contributed by atoms with van der Waals surface area (Å²) in [4.78, 5) is 17.5. The summed E-state index contributed by atoms with van der Waals surface area (Å²) in [6, 6.07) is 10.1. The van der Waals surface area contributed by atoms with Crippen LogP contribution in [0.4, 0.5) is 5.69 Å². The van der Waals surface area contributed by atoms with Crippen LogP contribution in [0.25, 0.3) is 6.08 Å². The van der Waals surface area contributed by atoms with Crippen LogP contribution in [0.3, 0.4) is 0 Å². The van der Waals surface area contributed by atoms with Gasteiger partial charge in [-0.3, -0.25) is 4.79 Å². The number of nitrogens with one attached hydrogen (secondary N) is 1. The predicted octanol–water partition coefficient (Wildman–Crippen LogP) is 5.77. The Kier molecular flexibility index (Phi) is 5.15.